The Hall–Kier alpha value is -1.84. The minimum Gasteiger partial charge on any atom is -0.338 e. The van der Waals surface area contributed by atoms with E-state index < -0.39 is 0 Å². The summed E-state index contributed by atoms with van der Waals surface area (Å²) < 4.78 is 2.07. The highest BCUT2D eigenvalue weighted by molar-refractivity contribution is 5.81. The molecule has 0 unspecified atom stereocenters. The Balaban J connectivity index is 1.58. The summed E-state index contributed by atoms with van der Waals surface area (Å²) in [5.41, 5.74) is 2.04. The Morgan fingerprint density at radius 2 is 1.96 bits per heavy atom. The van der Waals surface area contributed by atoms with Gasteiger partial charge in [-0.3, -0.25) is 4.79 Å². The van der Waals surface area contributed by atoms with Crippen molar-refractivity contribution in [2.75, 3.05) is 6.54 Å². The largest absolute Gasteiger partial charge is 0.338 e. The van der Waals surface area contributed by atoms with E-state index in [4.69, 9.17) is 0 Å². The van der Waals surface area contributed by atoms with Gasteiger partial charge in [-0.15, -0.1) is 0 Å². The molecule has 2 heterocycles. The zero-order valence-corrected chi connectivity index (χ0v) is 13.9. The number of fused-ring (bicyclic) bond motifs is 2. The van der Waals surface area contributed by atoms with Gasteiger partial charge in [0.2, 0.25) is 5.91 Å². The average Bonchev–Trinajstić information content (AvgIpc) is 2.90. The predicted molar refractivity (Wildman–Crippen MR) is 91.2 cm³/mol. The fourth-order valence-electron chi connectivity index (χ4n) is 4.56. The van der Waals surface area contributed by atoms with E-state index >= 15 is 0 Å². The van der Waals surface area contributed by atoms with Crippen LogP contribution < -0.4 is 0 Å². The van der Waals surface area contributed by atoms with Crippen molar-refractivity contribution in [2.45, 2.75) is 58.0 Å². The van der Waals surface area contributed by atoms with Crippen molar-refractivity contribution in [1.29, 1.82) is 0 Å². The van der Waals surface area contributed by atoms with Crippen molar-refractivity contribution in [1.82, 2.24) is 14.5 Å². The lowest BCUT2D eigenvalue weighted by Gasteiger charge is -2.44. The minimum absolute atomic E-state index is 0.271. The highest BCUT2D eigenvalue weighted by Gasteiger charge is 2.35. The number of aromatic nitrogens is 2. The SMILES string of the molecule is Cc1nc2ccccc2n1CC(=O)N1CCC[C@@H]2CCCC[C@H]21. The third kappa shape index (κ3) is 2.64. The molecule has 4 heteroatoms. The molecule has 2 fully saturated rings. The molecule has 4 rings (SSSR count). The lowest BCUT2D eigenvalue weighted by atomic mass is 9.78. The number of carbonyl (C=O) groups is 1. The predicted octanol–water partition coefficient (Wildman–Crippen LogP) is 3.53. The van der Waals surface area contributed by atoms with Crippen LogP contribution in [0.15, 0.2) is 24.3 Å². The second kappa shape index (κ2) is 5.99. The van der Waals surface area contributed by atoms with Gasteiger partial charge in [0, 0.05) is 12.6 Å². The Morgan fingerprint density at radius 1 is 1.17 bits per heavy atom. The van der Waals surface area contributed by atoms with Crippen LogP contribution in [0, 0.1) is 12.8 Å². The van der Waals surface area contributed by atoms with E-state index in [9.17, 15) is 4.79 Å². The smallest absolute Gasteiger partial charge is 0.242 e. The molecule has 1 aromatic heterocycles. The maximum Gasteiger partial charge on any atom is 0.242 e. The second-order valence-electron chi connectivity index (χ2n) is 7.08. The Bertz CT molecular complexity index is 718. The first-order valence-electron chi connectivity index (χ1n) is 8.95. The summed E-state index contributed by atoms with van der Waals surface area (Å²) in [7, 11) is 0. The van der Waals surface area contributed by atoms with E-state index in [1.165, 1.54) is 32.1 Å². The summed E-state index contributed by atoms with van der Waals surface area (Å²) in [6.45, 7) is 3.36. The van der Waals surface area contributed by atoms with Gasteiger partial charge in [0.05, 0.1) is 11.0 Å². The molecule has 122 valence electrons. The van der Waals surface area contributed by atoms with Gasteiger partial charge in [-0.05, 0) is 50.7 Å². The Labute approximate surface area is 137 Å². The van der Waals surface area contributed by atoms with Crippen LogP contribution in [-0.4, -0.2) is 32.9 Å². The molecule has 0 radical (unpaired) electrons. The van der Waals surface area contributed by atoms with Crippen molar-refractivity contribution < 1.29 is 4.79 Å². The quantitative estimate of drug-likeness (QED) is 0.851. The maximum absolute atomic E-state index is 13.0. The van der Waals surface area contributed by atoms with Crippen LogP contribution in [0.5, 0.6) is 0 Å². The van der Waals surface area contributed by atoms with Crippen LogP contribution in [0.2, 0.25) is 0 Å². The zero-order valence-electron chi connectivity index (χ0n) is 13.9. The second-order valence-corrected chi connectivity index (χ2v) is 7.08. The molecule has 0 N–H and O–H groups in total. The molecule has 2 atom stereocenters. The van der Waals surface area contributed by atoms with Gasteiger partial charge in [-0.2, -0.15) is 0 Å². The molecule has 1 saturated heterocycles. The lowest BCUT2D eigenvalue weighted by Crippen LogP contribution is -2.50. The van der Waals surface area contributed by atoms with Crippen molar-refractivity contribution >= 4 is 16.9 Å². The first kappa shape index (κ1) is 14.7. The molecule has 1 aromatic carbocycles. The highest BCUT2D eigenvalue weighted by atomic mass is 16.2. The number of amides is 1. The van der Waals surface area contributed by atoms with Gasteiger partial charge in [-0.1, -0.05) is 25.0 Å². The number of likely N-dealkylation sites (tertiary alicyclic amines) is 1. The monoisotopic (exact) mass is 311 g/mol. The molecule has 1 aliphatic carbocycles. The number of piperidine rings is 1. The van der Waals surface area contributed by atoms with Gasteiger partial charge in [0.15, 0.2) is 0 Å². The molecule has 4 nitrogen and oxygen atoms in total. The van der Waals surface area contributed by atoms with E-state index in [1.54, 1.807) is 0 Å². The number of carbonyl (C=O) groups excluding carboxylic acids is 1. The average molecular weight is 311 g/mol. The van der Waals surface area contributed by atoms with E-state index in [2.05, 4.69) is 20.5 Å². The molecule has 2 aliphatic rings. The van der Waals surface area contributed by atoms with Crippen LogP contribution in [0.4, 0.5) is 0 Å². The molecular weight excluding hydrogens is 286 g/mol. The van der Waals surface area contributed by atoms with Gasteiger partial charge in [0.1, 0.15) is 12.4 Å². The Kier molecular flexibility index (Phi) is 3.83. The number of hydrogen-bond acceptors (Lipinski definition) is 2. The molecular formula is C19H25N3O. The minimum atomic E-state index is 0.271. The summed E-state index contributed by atoms with van der Waals surface area (Å²) in [4.78, 5) is 19.8. The number of rotatable bonds is 2. The molecule has 23 heavy (non-hydrogen) atoms. The number of hydrogen-bond donors (Lipinski definition) is 0. The van der Waals surface area contributed by atoms with Gasteiger partial charge in [0.25, 0.3) is 0 Å². The summed E-state index contributed by atoms with van der Waals surface area (Å²) in [5.74, 6) is 1.94. The topological polar surface area (TPSA) is 38.1 Å². The van der Waals surface area contributed by atoms with Crippen LogP contribution >= 0.6 is 0 Å². The number of imidazole rings is 1. The summed E-state index contributed by atoms with van der Waals surface area (Å²) in [6.07, 6.45) is 7.59. The number of aryl methyl sites for hydroxylation is 1. The van der Waals surface area contributed by atoms with E-state index in [-0.39, 0.29) is 5.91 Å². The third-order valence-corrected chi connectivity index (χ3v) is 5.70. The van der Waals surface area contributed by atoms with E-state index in [0.717, 1.165) is 35.7 Å². The highest BCUT2D eigenvalue weighted by Crippen LogP contribution is 2.35. The lowest BCUT2D eigenvalue weighted by molar-refractivity contribution is -0.138. The third-order valence-electron chi connectivity index (χ3n) is 5.70. The molecule has 0 bridgehead atoms. The fraction of sp³-hybridized carbons (Fsp3) is 0.579. The van der Waals surface area contributed by atoms with Crippen molar-refractivity contribution in [2.24, 2.45) is 5.92 Å². The first-order valence-corrected chi connectivity index (χ1v) is 8.95. The summed E-state index contributed by atoms with van der Waals surface area (Å²) in [5, 5.41) is 0. The molecule has 1 aliphatic heterocycles. The van der Waals surface area contributed by atoms with Crippen molar-refractivity contribution in [3.63, 3.8) is 0 Å². The van der Waals surface area contributed by atoms with Crippen LogP contribution in [0.1, 0.15) is 44.3 Å². The number of para-hydroxylation sites is 2. The molecule has 1 amide bonds. The molecule has 1 saturated carbocycles. The standard InChI is InChI=1S/C19H25N3O/c1-14-20-16-9-3-5-11-18(16)22(14)13-19(23)21-12-6-8-15-7-2-4-10-17(15)21/h3,5,9,11,15,17H,2,4,6-8,10,12-13H2,1H3/t15-,17+/m0/s1. The van der Waals surface area contributed by atoms with E-state index in [1.807, 2.05) is 25.1 Å². The van der Waals surface area contributed by atoms with E-state index in [0.29, 0.717) is 12.6 Å². The van der Waals surface area contributed by atoms with Gasteiger partial charge >= 0.3 is 0 Å². The van der Waals surface area contributed by atoms with Crippen LogP contribution in [0.3, 0.4) is 0 Å². The van der Waals surface area contributed by atoms with Crippen LogP contribution in [0.25, 0.3) is 11.0 Å². The maximum atomic E-state index is 13.0. The van der Waals surface area contributed by atoms with Crippen LogP contribution in [-0.2, 0) is 11.3 Å². The summed E-state index contributed by atoms with van der Waals surface area (Å²) >= 11 is 0. The van der Waals surface area contributed by atoms with Gasteiger partial charge in [-0.25, -0.2) is 4.98 Å². The van der Waals surface area contributed by atoms with Gasteiger partial charge < -0.3 is 9.47 Å². The molecule has 0 spiro atoms. The number of nitrogens with zero attached hydrogens (tertiary/aromatic N) is 3. The van der Waals surface area contributed by atoms with Crippen molar-refractivity contribution in [3.8, 4) is 0 Å². The normalized spacial score (nSPS) is 24.7. The number of benzene rings is 1. The first-order chi connectivity index (χ1) is 11.2. The summed E-state index contributed by atoms with van der Waals surface area (Å²) in [6, 6.07) is 8.57. The van der Waals surface area contributed by atoms with Crippen molar-refractivity contribution in [3.05, 3.63) is 30.1 Å². The Morgan fingerprint density at radius 3 is 2.87 bits per heavy atom. The molecule has 2 aromatic rings. The fourth-order valence-corrected chi connectivity index (χ4v) is 4.56. The zero-order chi connectivity index (χ0) is 15.8.